The molecule has 0 fully saturated rings. The van der Waals surface area contributed by atoms with Gasteiger partial charge < -0.3 is 5.11 Å². The number of aliphatic carboxylic acids is 1. The number of benzene rings is 2. The zero-order chi connectivity index (χ0) is 19.0. The molecule has 140 valence electrons. The number of aryl methyl sites for hydroxylation is 1. The van der Waals surface area contributed by atoms with Gasteiger partial charge in [-0.05, 0) is 37.0 Å². The molecule has 0 amide bonds. The Morgan fingerprint density at radius 3 is 2.31 bits per heavy atom. The maximum atomic E-state index is 12.8. The van der Waals surface area contributed by atoms with Gasteiger partial charge in [0, 0.05) is 12.5 Å². The molecule has 2 aromatic rings. The fourth-order valence-electron chi connectivity index (χ4n) is 2.89. The fraction of sp³-hybridized carbons (Fsp3) is 0.350. The molecule has 2 N–H and O–H groups in total. The van der Waals surface area contributed by atoms with E-state index in [0.717, 1.165) is 18.4 Å². The van der Waals surface area contributed by atoms with Gasteiger partial charge in [0.2, 0.25) is 10.0 Å². The Hall–Kier alpha value is -2.18. The molecule has 0 heterocycles. The molecule has 0 saturated heterocycles. The SMILES string of the molecule is Cc1ccccc1S(=O)(=O)NC(CCCCCC(=O)O)c1ccccc1. The summed E-state index contributed by atoms with van der Waals surface area (Å²) in [5.74, 6) is -0.801. The van der Waals surface area contributed by atoms with E-state index in [1.807, 2.05) is 36.4 Å². The van der Waals surface area contributed by atoms with Crippen LogP contribution in [0.15, 0.2) is 59.5 Å². The molecular formula is C20H25NO4S. The van der Waals surface area contributed by atoms with Crippen LogP contribution in [0.3, 0.4) is 0 Å². The van der Waals surface area contributed by atoms with Gasteiger partial charge in [-0.15, -0.1) is 0 Å². The molecule has 1 unspecified atom stereocenters. The quantitative estimate of drug-likeness (QED) is 0.614. The van der Waals surface area contributed by atoms with Crippen LogP contribution in [0, 0.1) is 6.92 Å². The summed E-state index contributed by atoms with van der Waals surface area (Å²) in [4.78, 5) is 10.9. The molecule has 2 aromatic carbocycles. The third kappa shape index (κ3) is 5.97. The van der Waals surface area contributed by atoms with E-state index in [0.29, 0.717) is 18.4 Å². The summed E-state index contributed by atoms with van der Waals surface area (Å²) >= 11 is 0. The van der Waals surface area contributed by atoms with E-state index in [4.69, 9.17) is 5.11 Å². The van der Waals surface area contributed by atoms with E-state index < -0.39 is 16.0 Å². The lowest BCUT2D eigenvalue weighted by Crippen LogP contribution is -2.29. The average Bonchev–Trinajstić information content (AvgIpc) is 2.61. The van der Waals surface area contributed by atoms with Crippen LogP contribution in [0.5, 0.6) is 0 Å². The van der Waals surface area contributed by atoms with Crippen LogP contribution >= 0.6 is 0 Å². The molecule has 0 aliphatic rings. The van der Waals surface area contributed by atoms with Gasteiger partial charge in [0.15, 0.2) is 0 Å². The van der Waals surface area contributed by atoms with Gasteiger partial charge in [0.05, 0.1) is 4.90 Å². The lowest BCUT2D eigenvalue weighted by atomic mass is 10.0. The van der Waals surface area contributed by atoms with E-state index in [-0.39, 0.29) is 17.4 Å². The maximum absolute atomic E-state index is 12.8. The second-order valence-corrected chi connectivity index (χ2v) is 8.03. The minimum absolute atomic E-state index is 0.144. The second-order valence-electron chi connectivity index (χ2n) is 6.34. The van der Waals surface area contributed by atoms with Crippen molar-refractivity contribution in [2.75, 3.05) is 0 Å². The van der Waals surface area contributed by atoms with Crippen LogP contribution in [0.4, 0.5) is 0 Å². The molecule has 2 rings (SSSR count). The largest absolute Gasteiger partial charge is 0.481 e. The molecule has 0 aliphatic heterocycles. The summed E-state index contributed by atoms with van der Waals surface area (Å²) in [7, 11) is -3.64. The highest BCUT2D eigenvalue weighted by Gasteiger charge is 2.22. The zero-order valence-electron chi connectivity index (χ0n) is 14.9. The number of unbranched alkanes of at least 4 members (excludes halogenated alkanes) is 2. The Morgan fingerprint density at radius 1 is 1.00 bits per heavy atom. The molecule has 0 bridgehead atoms. The third-order valence-electron chi connectivity index (χ3n) is 4.27. The monoisotopic (exact) mass is 375 g/mol. The van der Waals surface area contributed by atoms with E-state index >= 15 is 0 Å². The first-order valence-corrected chi connectivity index (χ1v) is 10.2. The van der Waals surface area contributed by atoms with Crippen LogP contribution in [-0.2, 0) is 14.8 Å². The van der Waals surface area contributed by atoms with Crippen molar-refractivity contribution >= 4 is 16.0 Å². The van der Waals surface area contributed by atoms with Crippen molar-refractivity contribution in [3.8, 4) is 0 Å². The van der Waals surface area contributed by atoms with Crippen LogP contribution in [-0.4, -0.2) is 19.5 Å². The summed E-state index contributed by atoms with van der Waals surface area (Å²) in [5.41, 5.74) is 1.61. The normalized spacial score (nSPS) is 12.7. The number of hydrogen-bond donors (Lipinski definition) is 2. The minimum Gasteiger partial charge on any atom is -0.481 e. The lowest BCUT2D eigenvalue weighted by molar-refractivity contribution is -0.137. The lowest BCUT2D eigenvalue weighted by Gasteiger charge is -2.20. The van der Waals surface area contributed by atoms with E-state index in [1.165, 1.54) is 0 Å². The first-order valence-electron chi connectivity index (χ1n) is 8.75. The fourth-order valence-corrected chi connectivity index (χ4v) is 4.39. The van der Waals surface area contributed by atoms with Crippen LogP contribution in [0.2, 0.25) is 0 Å². The van der Waals surface area contributed by atoms with Gasteiger partial charge in [-0.3, -0.25) is 4.79 Å². The molecule has 0 saturated carbocycles. The summed E-state index contributed by atoms with van der Waals surface area (Å²) in [5, 5.41) is 8.71. The van der Waals surface area contributed by atoms with Crippen molar-refractivity contribution in [1.29, 1.82) is 0 Å². The second kappa shape index (κ2) is 9.50. The summed E-state index contributed by atoms with van der Waals surface area (Å²) in [6, 6.07) is 16.0. The van der Waals surface area contributed by atoms with Gasteiger partial charge in [0.25, 0.3) is 0 Å². The molecule has 0 aromatic heterocycles. The smallest absolute Gasteiger partial charge is 0.303 e. The molecule has 26 heavy (non-hydrogen) atoms. The predicted octanol–water partition coefficient (Wildman–Crippen LogP) is 4.05. The van der Waals surface area contributed by atoms with Crippen LogP contribution < -0.4 is 4.72 Å². The highest BCUT2D eigenvalue weighted by molar-refractivity contribution is 7.89. The average molecular weight is 375 g/mol. The molecule has 6 heteroatoms. The highest BCUT2D eigenvalue weighted by Crippen LogP contribution is 2.24. The molecule has 0 spiro atoms. The molecular weight excluding hydrogens is 350 g/mol. The van der Waals surface area contributed by atoms with Gasteiger partial charge >= 0.3 is 5.97 Å². The van der Waals surface area contributed by atoms with Crippen molar-refractivity contribution < 1.29 is 18.3 Å². The Morgan fingerprint density at radius 2 is 1.65 bits per heavy atom. The maximum Gasteiger partial charge on any atom is 0.303 e. The van der Waals surface area contributed by atoms with Crippen LogP contribution in [0.1, 0.15) is 49.3 Å². The topological polar surface area (TPSA) is 83.5 Å². The molecule has 5 nitrogen and oxygen atoms in total. The number of carboxylic acids is 1. The number of nitrogens with one attached hydrogen (secondary N) is 1. The third-order valence-corrected chi connectivity index (χ3v) is 5.90. The number of rotatable bonds is 10. The van der Waals surface area contributed by atoms with Gasteiger partial charge in [0.1, 0.15) is 0 Å². The summed E-state index contributed by atoms with van der Waals surface area (Å²) in [6.07, 6.45) is 2.87. The standard InChI is InChI=1S/C20H25NO4S/c1-16-10-8-9-14-19(16)26(24,25)21-18(17-11-4-2-5-12-17)13-6-3-7-15-20(22)23/h2,4-5,8-12,14,18,21H,3,6-7,13,15H2,1H3,(H,22,23). The van der Waals surface area contributed by atoms with E-state index in [1.54, 1.807) is 25.1 Å². The Bertz CT molecular complexity index is 819. The first kappa shape index (κ1) is 20.1. The summed E-state index contributed by atoms with van der Waals surface area (Å²) in [6.45, 7) is 1.78. The highest BCUT2D eigenvalue weighted by atomic mass is 32.2. The van der Waals surface area contributed by atoms with Gasteiger partial charge in [-0.1, -0.05) is 61.4 Å². The molecule has 0 radical (unpaired) electrons. The number of carboxylic acid groups (broad SMARTS) is 1. The zero-order valence-corrected chi connectivity index (χ0v) is 15.7. The number of sulfonamides is 1. The number of hydrogen-bond acceptors (Lipinski definition) is 3. The van der Waals surface area contributed by atoms with Crippen LogP contribution in [0.25, 0.3) is 0 Å². The minimum atomic E-state index is -3.64. The first-order chi connectivity index (χ1) is 12.4. The Labute approximate surface area is 155 Å². The Balaban J connectivity index is 2.11. The van der Waals surface area contributed by atoms with E-state index in [2.05, 4.69) is 4.72 Å². The molecule has 1 atom stereocenters. The number of carbonyl (C=O) groups is 1. The Kier molecular flexibility index (Phi) is 7.36. The van der Waals surface area contributed by atoms with Gasteiger partial charge in [-0.2, -0.15) is 0 Å². The summed E-state index contributed by atoms with van der Waals surface area (Å²) < 4.78 is 28.5. The van der Waals surface area contributed by atoms with Gasteiger partial charge in [-0.25, -0.2) is 13.1 Å². The van der Waals surface area contributed by atoms with Crippen molar-refractivity contribution in [2.24, 2.45) is 0 Å². The van der Waals surface area contributed by atoms with Crippen molar-refractivity contribution in [3.63, 3.8) is 0 Å². The predicted molar refractivity (Wildman–Crippen MR) is 101 cm³/mol. The van der Waals surface area contributed by atoms with Crippen molar-refractivity contribution in [3.05, 3.63) is 65.7 Å². The van der Waals surface area contributed by atoms with E-state index in [9.17, 15) is 13.2 Å². The van der Waals surface area contributed by atoms with Crippen molar-refractivity contribution in [1.82, 2.24) is 4.72 Å². The van der Waals surface area contributed by atoms with Crippen molar-refractivity contribution in [2.45, 2.75) is 50.0 Å². The molecule has 0 aliphatic carbocycles.